The molecule has 0 atom stereocenters. The topological polar surface area (TPSA) is 67.2 Å². The van der Waals surface area contributed by atoms with E-state index >= 15 is 0 Å². The lowest BCUT2D eigenvalue weighted by atomic mass is 10.1. The first-order valence-electron chi connectivity index (χ1n) is 10.9. The van der Waals surface area contributed by atoms with E-state index in [-0.39, 0.29) is 18.4 Å². The zero-order chi connectivity index (χ0) is 22.8. The second-order valence-electron chi connectivity index (χ2n) is 7.56. The highest BCUT2D eigenvalue weighted by Gasteiger charge is 2.17. The molecule has 0 aliphatic heterocycles. The highest BCUT2D eigenvalue weighted by Crippen LogP contribution is 2.17. The molecule has 2 aromatic carbocycles. The van der Waals surface area contributed by atoms with Crippen LogP contribution in [0.25, 0.3) is 11.0 Å². The predicted octanol–water partition coefficient (Wildman–Crippen LogP) is 3.53. The lowest BCUT2D eigenvalue weighted by Crippen LogP contribution is -2.34. The second-order valence-corrected chi connectivity index (χ2v) is 7.56. The van der Waals surface area contributed by atoms with Crippen molar-refractivity contribution in [3.63, 3.8) is 0 Å². The Labute approximate surface area is 189 Å². The van der Waals surface area contributed by atoms with Gasteiger partial charge in [0.25, 0.3) is 0 Å². The molecule has 0 unspecified atom stereocenters. The average molecular weight is 431 g/mol. The lowest BCUT2D eigenvalue weighted by Gasteiger charge is -2.20. The van der Waals surface area contributed by atoms with Crippen molar-refractivity contribution in [1.82, 2.24) is 19.8 Å². The van der Waals surface area contributed by atoms with Crippen LogP contribution in [0, 0.1) is 0 Å². The lowest BCUT2D eigenvalue weighted by molar-refractivity contribution is -0.130. The van der Waals surface area contributed by atoms with Crippen LogP contribution in [0.15, 0.2) is 79.9 Å². The molecule has 0 aliphatic carbocycles. The van der Waals surface area contributed by atoms with Gasteiger partial charge < -0.3 is 14.8 Å². The fourth-order valence-electron chi connectivity index (χ4n) is 3.62. The molecule has 3 rings (SSSR count). The van der Waals surface area contributed by atoms with E-state index in [1.807, 2.05) is 59.2 Å². The number of benzene rings is 2. The van der Waals surface area contributed by atoms with Gasteiger partial charge in [-0.25, -0.2) is 4.98 Å². The Morgan fingerprint density at radius 3 is 2.38 bits per heavy atom. The van der Waals surface area contributed by atoms with Gasteiger partial charge in [0.1, 0.15) is 12.4 Å². The molecule has 166 valence electrons. The van der Waals surface area contributed by atoms with Gasteiger partial charge >= 0.3 is 0 Å². The van der Waals surface area contributed by atoms with Gasteiger partial charge in [0.05, 0.1) is 11.0 Å². The molecule has 32 heavy (non-hydrogen) atoms. The first kappa shape index (κ1) is 23.0. The Kier molecular flexibility index (Phi) is 8.37. The van der Waals surface area contributed by atoms with E-state index in [0.29, 0.717) is 38.9 Å². The van der Waals surface area contributed by atoms with Crippen molar-refractivity contribution >= 4 is 22.8 Å². The summed E-state index contributed by atoms with van der Waals surface area (Å²) in [5.74, 6) is 0.761. The first-order chi connectivity index (χ1) is 15.6. The zero-order valence-electron chi connectivity index (χ0n) is 18.4. The van der Waals surface area contributed by atoms with Gasteiger partial charge in [-0.1, -0.05) is 54.6 Å². The summed E-state index contributed by atoms with van der Waals surface area (Å²) in [5, 5.41) is 2.98. The van der Waals surface area contributed by atoms with Crippen molar-refractivity contribution in [1.29, 1.82) is 0 Å². The third-order valence-electron chi connectivity index (χ3n) is 5.23. The maximum absolute atomic E-state index is 12.9. The van der Waals surface area contributed by atoms with Gasteiger partial charge in [0.2, 0.25) is 11.8 Å². The molecule has 0 saturated carbocycles. The number of aromatic nitrogens is 2. The van der Waals surface area contributed by atoms with Gasteiger partial charge in [0.15, 0.2) is 0 Å². The number of imidazole rings is 1. The van der Waals surface area contributed by atoms with Crippen molar-refractivity contribution < 1.29 is 9.59 Å². The van der Waals surface area contributed by atoms with Crippen LogP contribution in [0.4, 0.5) is 0 Å². The molecule has 1 aromatic heterocycles. The smallest absolute Gasteiger partial charge is 0.243 e. The number of hydrogen-bond donors (Lipinski definition) is 1. The molecule has 6 heteroatoms. The predicted molar refractivity (Wildman–Crippen MR) is 128 cm³/mol. The maximum atomic E-state index is 12.9. The molecule has 0 bridgehead atoms. The fourth-order valence-corrected chi connectivity index (χ4v) is 3.62. The molecule has 6 nitrogen and oxygen atoms in total. The van der Waals surface area contributed by atoms with E-state index < -0.39 is 0 Å². The van der Waals surface area contributed by atoms with Crippen LogP contribution in [-0.4, -0.2) is 45.9 Å². The standard InChI is InChI=1S/C26H30N4O2/c1-3-18-29(19-4-2)26(32)20-30-23-13-9-8-12-22(23)28-24(30)16-17-27-25(31)15-14-21-10-6-5-7-11-21/h3-13H,1-2,14-20H2,(H,27,31). The number of fused-ring (bicyclic) bond motifs is 1. The third kappa shape index (κ3) is 6.17. The van der Waals surface area contributed by atoms with Crippen molar-refractivity contribution in [3.8, 4) is 0 Å². The normalized spacial score (nSPS) is 10.6. The minimum absolute atomic E-state index is 0.00994. The zero-order valence-corrected chi connectivity index (χ0v) is 18.4. The molecule has 1 heterocycles. The summed E-state index contributed by atoms with van der Waals surface area (Å²) in [4.78, 5) is 31.6. The number of amides is 2. The Morgan fingerprint density at radius 2 is 1.66 bits per heavy atom. The first-order valence-corrected chi connectivity index (χ1v) is 10.9. The van der Waals surface area contributed by atoms with Gasteiger partial charge in [-0.2, -0.15) is 0 Å². The number of rotatable bonds is 12. The number of hydrogen-bond acceptors (Lipinski definition) is 3. The maximum Gasteiger partial charge on any atom is 0.243 e. The SMILES string of the molecule is C=CCN(CC=C)C(=O)Cn1c(CCNC(=O)CCc2ccccc2)nc2ccccc21. The summed E-state index contributed by atoms with van der Waals surface area (Å²) < 4.78 is 1.94. The number of carbonyl (C=O) groups is 2. The molecule has 0 spiro atoms. The van der Waals surface area contributed by atoms with E-state index in [9.17, 15) is 9.59 Å². The Morgan fingerprint density at radius 1 is 0.969 bits per heavy atom. The van der Waals surface area contributed by atoms with E-state index in [1.165, 1.54) is 0 Å². The van der Waals surface area contributed by atoms with E-state index in [2.05, 4.69) is 18.5 Å². The van der Waals surface area contributed by atoms with Gasteiger partial charge in [0, 0.05) is 32.5 Å². The summed E-state index contributed by atoms with van der Waals surface area (Å²) >= 11 is 0. The summed E-state index contributed by atoms with van der Waals surface area (Å²) in [7, 11) is 0. The highest BCUT2D eigenvalue weighted by molar-refractivity contribution is 5.81. The fraction of sp³-hybridized carbons (Fsp3) is 0.269. The molecule has 0 fully saturated rings. The minimum Gasteiger partial charge on any atom is -0.356 e. The van der Waals surface area contributed by atoms with Crippen LogP contribution in [0.2, 0.25) is 0 Å². The molecule has 0 saturated heterocycles. The molecule has 3 aromatic rings. The molecular formula is C26H30N4O2. The number of carbonyl (C=O) groups excluding carboxylic acids is 2. The number of para-hydroxylation sites is 2. The van der Waals surface area contributed by atoms with Crippen molar-refractivity contribution in [3.05, 3.63) is 91.3 Å². The second kappa shape index (κ2) is 11.6. The molecule has 0 aliphatic rings. The van der Waals surface area contributed by atoms with E-state index in [1.54, 1.807) is 17.1 Å². The van der Waals surface area contributed by atoms with Crippen LogP contribution >= 0.6 is 0 Å². The average Bonchev–Trinajstić information content (AvgIpc) is 3.15. The summed E-state index contributed by atoms with van der Waals surface area (Å²) in [5.41, 5.74) is 2.89. The quantitative estimate of drug-likeness (QED) is 0.447. The van der Waals surface area contributed by atoms with Crippen molar-refractivity contribution in [2.24, 2.45) is 0 Å². The minimum atomic E-state index is -0.0268. The number of nitrogens with zero attached hydrogens (tertiary/aromatic N) is 3. The van der Waals surface area contributed by atoms with E-state index in [0.717, 1.165) is 22.4 Å². The van der Waals surface area contributed by atoms with Gasteiger partial charge in [-0.3, -0.25) is 9.59 Å². The van der Waals surface area contributed by atoms with Crippen LogP contribution in [0.1, 0.15) is 17.8 Å². The highest BCUT2D eigenvalue weighted by atomic mass is 16.2. The molecular weight excluding hydrogens is 400 g/mol. The largest absolute Gasteiger partial charge is 0.356 e. The Balaban J connectivity index is 1.64. The van der Waals surface area contributed by atoms with Crippen molar-refractivity contribution in [2.45, 2.75) is 25.8 Å². The van der Waals surface area contributed by atoms with Crippen molar-refractivity contribution in [2.75, 3.05) is 19.6 Å². The van der Waals surface area contributed by atoms with Gasteiger partial charge in [-0.15, -0.1) is 13.2 Å². The number of aryl methyl sites for hydroxylation is 1. The van der Waals surface area contributed by atoms with Crippen LogP contribution < -0.4 is 5.32 Å². The summed E-state index contributed by atoms with van der Waals surface area (Å²) in [6.07, 6.45) is 5.11. The molecule has 1 N–H and O–H groups in total. The number of nitrogens with one attached hydrogen (secondary N) is 1. The third-order valence-corrected chi connectivity index (χ3v) is 5.23. The monoisotopic (exact) mass is 430 g/mol. The molecule has 2 amide bonds. The van der Waals surface area contributed by atoms with Crippen LogP contribution in [0.5, 0.6) is 0 Å². The Bertz CT molecular complexity index is 1060. The van der Waals surface area contributed by atoms with Gasteiger partial charge in [-0.05, 0) is 24.1 Å². The Hall–Kier alpha value is -3.67. The van der Waals surface area contributed by atoms with Crippen LogP contribution in [-0.2, 0) is 29.0 Å². The molecule has 0 radical (unpaired) electrons. The van der Waals surface area contributed by atoms with E-state index in [4.69, 9.17) is 4.98 Å². The summed E-state index contributed by atoms with van der Waals surface area (Å²) in [6, 6.07) is 17.7. The van der Waals surface area contributed by atoms with Crippen LogP contribution in [0.3, 0.4) is 0 Å². The summed E-state index contributed by atoms with van der Waals surface area (Å²) in [6.45, 7) is 9.04.